The van der Waals surface area contributed by atoms with E-state index in [2.05, 4.69) is 5.32 Å². The lowest BCUT2D eigenvalue weighted by molar-refractivity contribution is 0.0124. The molecule has 2 unspecified atom stereocenters. The van der Waals surface area contributed by atoms with Crippen molar-refractivity contribution < 1.29 is 19.3 Å². The third kappa shape index (κ3) is 3.39. The van der Waals surface area contributed by atoms with Crippen LogP contribution >= 0.6 is 0 Å². The van der Waals surface area contributed by atoms with E-state index in [1.165, 1.54) is 25.3 Å². The Morgan fingerprint density at radius 3 is 2.71 bits per heavy atom. The Morgan fingerprint density at radius 1 is 1.41 bits per heavy atom. The first kappa shape index (κ1) is 13.9. The van der Waals surface area contributed by atoms with Gasteiger partial charge in [-0.25, -0.2) is 4.39 Å². The van der Waals surface area contributed by atoms with E-state index < -0.39 is 18.0 Å². The number of hydrogen-bond acceptors (Lipinski definition) is 4. The number of hydrogen-bond donors (Lipinski definition) is 3. The van der Waals surface area contributed by atoms with Crippen LogP contribution in [-0.2, 0) is 0 Å². The standard InChI is InChI=1S/C12H18FNO3/c1-14-7-6-10(15)11(16)8-4-3-5-9(13)12(8)17-2/h3-5,10-11,14-16H,6-7H2,1-2H3. The molecule has 2 atom stereocenters. The summed E-state index contributed by atoms with van der Waals surface area (Å²) in [4.78, 5) is 0. The van der Waals surface area contributed by atoms with E-state index in [1.807, 2.05) is 0 Å². The molecule has 4 nitrogen and oxygen atoms in total. The molecule has 5 heteroatoms. The number of nitrogens with one attached hydrogen (secondary N) is 1. The van der Waals surface area contributed by atoms with Gasteiger partial charge in [-0.3, -0.25) is 0 Å². The summed E-state index contributed by atoms with van der Waals surface area (Å²) in [5.41, 5.74) is 0.260. The van der Waals surface area contributed by atoms with Crippen molar-refractivity contribution in [1.29, 1.82) is 0 Å². The molecule has 0 aliphatic carbocycles. The molecule has 0 saturated carbocycles. The van der Waals surface area contributed by atoms with Crippen molar-refractivity contribution in [3.8, 4) is 5.75 Å². The third-order valence-corrected chi connectivity index (χ3v) is 2.57. The van der Waals surface area contributed by atoms with Crippen molar-refractivity contribution in [2.45, 2.75) is 18.6 Å². The molecule has 0 bridgehead atoms. The van der Waals surface area contributed by atoms with Crippen molar-refractivity contribution in [3.63, 3.8) is 0 Å². The van der Waals surface area contributed by atoms with Gasteiger partial charge in [-0.15, -0.1) is 0 Å². The molecule has 17 heavy (non-hydrogen) atoms. The van der Waals surface area contributed by atoms with Crippen LogP contribution in [0.2, 0.25) is 0 Å². The lowest BCUT2D eigenvalue weighted by Crippen LogP contribution is -2.23. The Morgan fingerprint density at radius 2 is 2.12 bits per heavy atom. The molecule has 1 rings (SSSR count). The molecule has 96 valence electrons. The van der Waals surface area contributed by atoms with Gasteiger partial charge >= 0.3 is 0 Å². The Bertz CT molecular complexity index is 360. The van der Waals surface area contributed by atoms with E-state index >= 15 is 0 Å². The predicted octanol–water partition coefficient (Wildman–Crippen LogP) is 0.838. The zero-order valence-corrected chi connectivity index (χ0v) is 9.98. The second-order valence-corrected chi connectivity index (χ2v) is 3.77. The minimum atomic E-state index is -1.16. The van der Waals surface area contributed by atoms with Gasteiger partial charge in [0, 0.05) is 5.56 Å². The van der Waals surface area contributed by atoms with Crippen LogP contribution in [0.5, 0.6) is 5.75 Å². The highest BCUT2D eigenvalue weighted by molar-refractivity contribution is 5.37. The second-order valence-electron chi connectivity index (χ2n) is 3.77. The number of para-hydroxylation sites is 1. The second kappa shape index (κ2) is 6.54. The highest BCUT2D eigenvalue weighted by atomic mass is 19.1. The van der Waals surface area contributed by atoms with E-state index in [4.69, 9.17) is 4.74 Å². The zero-order valence-electron chi connectivity index (χ0n) is 9.98. The topological polar surface area (TPSA) is 61.7 Å². The molecule has 0 spiro atoms. The summed E-state index contributed by atoms with van der Waals surface area (Å²) in [7, 11) is 3.08. The largest absolute Gasteiger partial charge is 0.493 e. The Hall–Kier alpha value is -1.17. The molecule has 0 aliphatic heterocycles. The molecule has 0 heterocycles. The summed E-state index contributed by atoms with van der Waals surface area (Å²) in [5.74, 6) is -0.576. The van der Waals surface area contributed by atoms with E-state index in [0.29, 0.717) is 13.0 Å². The lowest BCUT2D eigenvalue weighted by atomic mass is 10.0. The molecule has 0 aromatic heterocycles. The van der Waals surface area contributed by atoms with Crippen LogP contribution in [0, 0.1) is 5.82 Å². The molecular weight excluding hydrogens is 225 g/mol. The number of rotatable bonds is 6. The van der Waals surface area contributed by atoms with E-state index in [0.717, 1.165) is 0 Å². The van der Waals surface area contributed by atoms with Crippen LogP contribution in [0.1, 0.15) is 18.1 Å². The van der Waals surface area contributed by atoms with Crippen LogP contribution in [0.4, 0.5) is 4.39 Å². The van der Waals surface area contributed by atoms with Crippen LogP contribution in [0.3, 0.4) is 0 Å². The number of aliphatic hydroxyl groups is 2. The molecule has 0 saturated heterocycles. The number of ether oxygens (including phenoxy) is 1. The molecule has 0 amide bonds. The van der Waals surface area contributed by atoms with Gasteiger partial charge in [0.2, 0.25) is 0 Å². The molecule has 1 aromatic rings. The number of benzene rings is 1. The van der Waals surface area contributed by atoms with Gasteiger partial charge in [0.05, 0.1) is 13.2 Å². The first-order chi connectivity index (χ1) is 8.11. The third-order valence-electron chi connectivity index (χ3n) is 2.57. The van der Waals surface area contributed by atoms with Gasteiger partial charge in [-0.05, 0) is 26.1 Å². The van der Waals surface area contributed by atoms with Crippen molar-refractivity contribution in [2.24, 2.45) is 0 Å². The van der Waals surface area contributed by atoms with Crippen LogP contribution < -0.4 is 10.1 Å². The monoisotopic (exact) mass is 243 g/mol. The van der Waals surface area contributed by atoms with Gasteiger partial charge in [-0.1, -0.05) is 12.1 Å². The lowest BCUT2D eigenvalue weighted by Gasteiger charge is -2.20. The number of halogens is 1. The van der Waals surface area contributed by atoms with Crippen molar-refractivity contribution in [1.82, 2.24) is 5.32 Å². The van der Waals surface area contributed by atoms with Crippen LogP contribution in [-0.4, -0.2) is 37.0 Å². The predicted molar refractivity (Wildman–Crippen MR) is 62.5 cm³/mol. The van der Waals surface area contributed by atoms with Crippen LogP contribution in [0.25, 0.3) is 0 Å². The van der Waals surface area contributed by atoms with Crippen molar-refractivity contribution in [2.75, 3.05) is 20.7 Å². The average Bonchev–Trinajstić information content (AvgIpc) is 2.34. The Kier molecular flexibility index (Phi) is 5.34. The normalized spacial score (nSPS) is 14.4. The van der Waals surface area contributed by atoms with Crippen molar-refractivity contribution in [3.05, 3.63) is 29.6 Å². The molecule has 1 aromatic carbocycles. The fraction of sp³-hybridized carbons (Fsp3) is 0.500. The SMILES string of the molecule is CNCCC(O)C(O)c1cccc(F)c1OC. The molecular formula is C12H18FNO3. The number of methoxy groups -OCH3 is 1. The summed E-state index contributed by atoms with van der Waals surface area (Å²) in [5, 5.41) is 22.5. The van der Waals surface area contributed by atoms with Gasteiger partial charge in [-0.2, -0.15) is 0 Å². The maximum atomic E-state index is 13.4. The minimum Gasteiger partial charge on any atom is -0.493 e. The fourth-order valence-electron chi connectivity index (χ4n) is 1.63. The average molecular weight is 243 g/mol. The zero-order chi connectivity index (χ0) is 12.8. The summed E-state index contributed by atoms with van der Waals surface area (Å²) in [6.07, 6.45) is -1.75. The fourth-order valence-corrected chi connectivity index (χ4v) is 1.63. The van der Waals surface area contributed by atoms with Gasteiger partial charge < -0.3 is 20.3 Å². The van der Waals surface area contributed by atoms with E-state index in [1.54, 1.807) is 7.05 Å². The van der Waals surface area contributed by atoms with Gasteiger partial charge in [0.1, 0.15) is 6.10 Å². The highest BCUT2D eigenvalue weighted by Crippen LogP contribution is 2.30. The quantitative estimate of drug-likeness (QED) is 0.693. The smallest absolute Gasteiger partial charge is 0.165 e. The van der Waals surface area contributed by atoms with Gasteiger partial charge in [0.15, 0.2) is 11.6 Å². The molecule has 3 N–H and O–H groups in total. The summed E-state index contributed by atoms with van der Waals surface area (Å²) in [6.45, 7) is 0.565. The first-order valence-corrected chi connectivity index (χ1v) is 5.45. The maximum absolute atomic E-state index is 13.4. The first-order valence-electron chi connectivity index (χ1n) is 5.45. The summed E-state index contributed by atoms with van der Waals surface area (Å²) >= 11 is 0. The van der Waals surface area contributed by atoms with Crippen LogP contribution in [0.15, 0.2) is 18.2 Å². The summed E-state index contributed by atoms with van der Waals surface area (Å²) in [6, 6.07) is 4.26. The maximum Gasteiger partial charge on any atom is 0.165 e. The molecule has 0 radical (unpaired) electrons. The molecule has 0 aliphatic rings. The van der Waals surface area contributed by atoms with Crippen molar-refractivity contribution >= 4 is 0 Å². The van der Waals surface area contributed by atoms with Gasteiger partial charge in [0.25, 0.3) is 0 Å². The Labute approximate surface area is 100 Å². The highest BCUT2D eigenvalue weighted by Gasteiger charge is 2.22. The summed E-state index contributed by atoms with van der Waals surface area (Å²) < 4.78 is 18.3. The van der Waals surface area contributed by atoms with E-state index in [9.17, 15) is 14.6 Å². The Balaban J connectivity index is 2.87. The minimum absolute atomic E-state index is 0.0245. The van der Waals surface area contributed by atoms with E-state index in [-0.39, 0.29) is 11.3 Å². The number of aliphatic hydroxyl groups excluding tert-OH is 2. The molecule has 0 fully saturated rings.